The van der Waals surface area contributed by atoms with Gasteiger partial charge in [0.15, 0.2) is 0 Å². The van der Waals surface area contributed by atoms with E-state index in [0.29, 0.717) is 12.8 Å². The van der Waals surface area contributed by atoms with E-state index in [0.717, 1.165) is 46.4 Å². The minimum absolute atomic E-state index is 0.644. The molecular weight excluding hydrogens is 374 g/mol. The Bertz CT molecular complexity index is 1250. The standard InChI is InChI=1S/C24H23N5O/c1-28-17-21(15-26-28)18-4-6-19(7-5-18)22-16-27-29-14-2-3-20(23(22)29)8-9-24(30)10-12-25-13-11-24/h2-7,14-17,25,30H,10-13H2,1H3. The maximum atomic E-state index is 10.7. The molecule has 0 bridgehead atoms. The molecule has 1 aromatic carbocycles. The van der Waals surface area contributed by atoms with Crippen molar-refractivity contribution in [1.29, 1.82) is 0 Å². The summed E-state index contributed by atoms with van der Waals surface area (Å²) in [5.41, 5.74) is 5.21. The SMILES string of the molecule is Cn1cc(-c2ccc(-c3cnn4cccc(C#CC5(O)CCNCC5)c34)cc2)cn1. The van der Waals surface area contributed by atoms with E-state index >= 15 is 0 Å². The molecule has 1 aliphatic rings. The number of pyridine rings is 1. The summed E-state index contributed by atoms with van der Waals surface area (Å²) in [6, 6.07) is 12.3. The molecule has 6 nitrogen and oxygen atoms in total. The summed E-state index contributed by atoms with van der Waals surface area (Å²) >= 11 is 0. The molecule has 30 heavy (non-hydrogen) atoms. The van der Waals surface area contributed by atoms with Gasteiger partial charge < -0.3 is 10.4 Å². The minimum Gasteiger partial charge on any atom is -0.377 e. The van der Waals surface area contributed by atoms with Crippen LogP contribution >= 0.6 is 0 Å². The highest BCUT2D eigenvalue weighted by Crippen LogP contribution is 2.29. The molecule has 0 spiro atoms. The lowest BCUT2D eigenvalue weighted by Gasteiger charge is -2.27. The number of benzene rings is 1. The van der Waals surface area contributed by atoms with Crippen molar-refractivity contribution in [1.82, 2.24) is 24.7 Å². The molecule has 0 atom stereocenters. The molecule has 0 amide bonds. The summed E-state index contributed by atoms with van der Waals surface area (Å²) in [6.45, 7) is 1.58. The summed E-state index contributed by atoms with van der Waals surface area (Å²) in [5.74, 6) is 6.36. The molecular formula is C24H23N5O. The first-order valence-corrected chi connectivity index (χ1v) is 10.1. The van der Waals surface area contributed by atoms with Crippen LogP contribution in [0.25, 0.3) is 27.8 Å². The molecule has 5 rings (SSSR count). The summed E-state index contributed by atoms with van der Waals surface area (Å²) in [5, 5.41) is 22.8. The first-order valence-electron chi connectivity index (χ1n) is 10.1. The van der Waals surface area contributed by atoms with Crippen LogP contribution in [0, 0.1) is 11.8 Å². The molecule has 4 aromatic rings. The van der Waals surface area contributed by atoms with Gasteiger partial charge >= 0.3 is 0 Å². The Labute approximate surface area is 175 Å². The number of aryl methyl sites for hydroxylation is 1. The number of aliphatic hydroxyl groups is 1. The van der Waals surface area contributed by atoms with Crippen molar-refractivity contribution in [2.24, 2.45) is 7.05 Å². The molecule has 150 valence electrons. The Hall–Kier alpha value is -3.40. The quantitative estimate of drug-likeness (QED) is 0.511. The number of aromatic nitrogens is 4. The molecule has 2 N–H and O–H groups in total. The van der Waals surface area contributed by atoms with Gasteiger partial charge in [0.2, 0.25) is 0 Å². The molecule has 1 aliphatic heterocycles. The smallest absolute Gasteiger partial charge is 0.128 e. The molecule has 0 saturated carbocycles. The van der Waals surface area contributed by atoms with E-state index < -0.39 is 5.60 Å². The number of nitrogens with one attached hydrogen (secondary N) is 1. The maximum Gasteiger partial charge on any atom is 0.128 e. The summed E-state index contributed by atoms with van der Waals surface area (Å²) in [7, 11) is 1.92. The lowest BCUT2D eigenvalue weighted by molar-refractivity contribution is 0.0679. The zero-order chi connectivity index (χ0) is 20.6. The van der Waals surface area contributed by atoms with Gasteiger partial charge in [-0.2, -0.15) is 10.2 Å². The molecule has 0 aliphatic carbocycles. The highest BCUT2D eigenvalue weighted by atomic mass is 16.3. The van der Waals surface area contributed by atoms with Gasteiger partial charge in [0.1, 0.15) is 5.60 Å². The van der Waals surface area contributed by atoms with E-state index in [4.69, 9.17) is 0 Å². The van der Waals surface area contributed by atoms with E-state index in [2.05, 4.69) is 51.6 Å². The lowest BCUT2D eigenvalue weighted by atomic mass is 9.93. The fourth-order valence-corrected chi connectivity index (χ4v) is 3.92. The molecule has 1 saturated heterocycles. The summed E-state index contributed by atoms with van der Waals surface area (Å²) in [6.07, 6.45) is 8.95. The van der Waals surface area contributed by atoms with Crippen molar-refractivity contribution in [2.75, 3.05) is 13.1 Å². The van der Waals surface area contributed by atoms with Gasteiger partial charge in [0.25, 0.3) is 0 Å². The van der Waals surface area contributed by atoms with Crippen LogP contribution in [0.1, 0.15) is 18.4 Å². The number of piperidine rings is 1. The Morgan fingerprint density at radius 2 is 1.77 bits per heavy atom. The number of fused-ring (bicyclic) bond motifs is 1. The fourth-order valence-electron chi connectivity index (χ4n) is 3.92. The topological polar surface area (TPSA) is 67.4 Å². The van der Waals surface area contributed by atoms with Crippen LogP contribution in [0.3, 0.4) is 0 Å². The van der Waals surface area contributed by atoms with Crippen molar-refractivity contribution in [3.8, 4) is 34.1 Å². The Balaban J connectivity index is 1.53. The summed E-state index contributed by atoms with van der Waals surface area (Å²) < 4.78 is 3.65. The molecule has 0 radical (unpaired) electrons. The average molecular weight is 397 g/mol. The molecule has 0 unspecified atom stereocenters. The predicted octanol–water partition coefficient (Wildman–Crippen LogP) is 2.87. The van der Waals surface area contributed by atoms with Crippen molar-refractivity contribution in [3.05, 3.63) is 66.7 Å². The van der Waals surface area contributed by atoms with Gasteiger partial charge in [-0.05, 0) is 49.2 Å². The highest BCUT2D eigenvalue weighted by Gasteiger charge is 2.26. The number of nitrogens with zero attached hydrogens (tertiary/aromatic N) is 4. The summed E-state index contributed by atoms with van der Waals surface area (Å²) in [4.78, 5) is 0. The predicted molar refractivity (Wildman–Crippen MR) is 117 cm³/mol. The largest absolute Gasteiger partial charge is 0.377 e. The first-order chi connectivity index (χ1) is 14.6. The zero-order valence-electron chi connectivity index (χ0n) is 16.8. The molecule has 4 heterocycles. The van der Waals surface area contributed by atoms with Crippen molar-refractivity contribution < 1.29 is 5.11 Å². The zero-order valence-corrected chi connectivity index (χ0v) is 16.8. The van der Waals surface area contributed by atoms with Crippen molar-refractivity contribution >= 4 is 5.52 Å². The van der Waals surface area contributed by atoms with Gasteiger partial charge in [-0.25, -0.2) is 4.52 Å². The molecule has 1 fully saturated rings. The average Bonchev–Trinajstić information content (AvgIpc) is 3.40. The second kappa shape index (κ2) is 7.45. The third-order valence-corrected chi connectivity index (χ3v) is 5.64. The maximum absolute atomic E-state index is 10.7. The van der Waals surface area contributed by atoms with Crippen molar-refractivity contribution in [2.45, 2.75) is 18.4 Å². The molecule has 3 aromatic heterocycles. The third kappa shape index (κ3) is 3.50. The Morgan fingerprint density at radius 3 is 2.50 bits per heavy atom. The second-order valence-corrected chi connectivity index (χ2v) is 7.78. The van der Waals surface area contributed by atoms with Gasteiger partial charge in [-0.3, -0.25) is 4.68 Å². The third-order valence-electron chi connectivity index (χ3n) is 5.64. The Morgan fingerprint density at radius 1 is 1.00 bits per heavy atom. The molecule has 6 heteroatoms. The van der Waals surface area contributed by atoms with Gasteiger partial charge in [-0.1, -0.05) is 36.1 Å². The minimum atomic E-state index is -0.927. The van der Waals surface area contributed by atoms with Crippen LogP contribution in [-0.2, 0) is 7.05 Å². The number of hydrogen-bond donors (Lipinski definition) is 2. The van der Waals surface area contributed by atoms with Gasteiger partial charge in [0.05, 0.1) is 23.5 Å². The van der Waals surface area contributed by atoms with E-state index in [1.165, 1.54) is 0 Å². The second-order valence-electron chi connectivity index (χ2n) is 7.78. The lowest BCUT2D eigenvalue weighted by Crippen LogP contribution is -2.40. The fraction of sp³-hybridized carbons (Fsp3) is 0.250. The van der Waals surface area contributed by atoms with Gasteiger partial charge in [0, 0.05) is 30.6 Å². The van der Waals surface area contributed by atoms with Crippen LogP contribution in [0.2, 0.25) is 0 Å². The van der Waals surface area contributed by atoms with Crippen LogP contribution in [-0.4, -0.2) is 43.2 Å². The van der Waals surface area contributed by atoms with E-state index in [1.54, 1.807) is 4.68 Å². The normalized spacial score (nSPS) is 15.7. The monoisotopic (exact) mass is 397 g/mol. The van der Waals surface area contributed by atoms with E-state index in [9.17, 15) is 5.11 Å². The highest BCUT2D eigenvalue weighted by molar-refractivity contribution is 5.85. The Kier molecular flexibility index (Phi) is 4.62. The van der Waals surface area contributed by atoms with Crippen LogP contribution in [0.5, 0.6) is 0 Å². The van der Waals surface area contributed by atoms with Gasteiger partial charge in [-0.15, -0.1) is 0 Å². The van der Waals surface area contributed by atoms with Crippen LogP contribution in [0.15, 0.2) is 61.2 Å². The first kappa shape index (κ1) is 18.6. The number of rotatable bonds is 2. The van der Waals surface area contributed by atoms with Crippen LogP contribution < -0.4 is 5.32 Å². The number of hydrogen-bond acceptors (Lipinski definition) is 4. The van der Waals surface area contributed by atoms with E-state index in [1.807, 2.05) is 48.5 Å². The van der Waals surface area contributed by atoms with Crippen molar-refractivity contribution in [3.63, 3.8) is 0 Å². The van der Waals surface area contributed by atoms with Crippen LogP contribution in [0.4, 0.5) is 0 Å². The van der Waals surface area contributed by atoms with E-state index in [-0.39, 0.29) is 0 Å².